The van der Waals surface area contributed by atoms with Gasteiger partial charge in [0, 0.05) is 5.69 Å². The highest BCUT2D eigenvalue weighted by Crippen LogP contribution is 2.35. The zero-order valence-electron chi connectivity index (χ0n) is 15.4. The number of nitrogens with zero attached hydrogens (tertiary/aromatic N) is 1. The molecule has 0 bridgehead atoms. The molecule has 28 heavy (non-hydrogen) atoms. The van der Waals surface area contributed by atoms with Crippen LogP contribution in [-0.4, -0.2) is 45.8 Å². The Bertz CT molecular complexity index is 1000. The fourth-order valence-electron chi connectivity index (χ4n) is 2.82. The van der Waals surface area contributed by atoms with Crippen molar-refractivity contribution in [2.75, 3.05) is 29.0 Å². The summed E-state index contributed by atoms with van der Waals surface area (Å²) in [6, 6.07) is 12.9. The first-order chi connectivity index (χ1) is 13.4. The number of nitrogens with one attached hydrogen (secondary N) is 1. The van der Waals surface area contributed by atoms with Crippen molar-refractivity contribution in [1.29, 1.82) is 0 Å². The number of ether oxygens (including phenoxy) is 2. The molecule has 1 aliphatic rings. The molecule has 2 aromatic carbocycles. The fraction of sp³-hybridized carbons (Fsp3) is 0.263. The SMILES string of the molecule is CCS(=O)(=O)N1C[C@@H](C(=O)Nc2cccc(C(=O)OC)c2)Oc2ccccc21. The maximum absolute atomic E-state index is 12.7. The van der Waals surface area contributed by atoms with Gasteiger partial charge in [-0.2, -0.15) is 0 Å². The Kier molecular flexibility index (Phi) is 5.55. The molecular weight excluding hydrogens is 384 g/mol. The highest BCUT2D eigenvalue weighted by Gasteiger charge is 2.35. The summed E-state index contributed by atoms with van der Waals surface area (Å²) in [5, 5.41) is 2.66. The zero-order valence-corrected chi connectivity index (χ0v) is 16.2. The number of hydrogen-bond acceptors (Lipinski definition) is 6. The largest absolute Gasteiger partial charge is 0.476 e. The molecule has 1 aliphatic heterocycles. The molecule has 1 heterocycles. The summed E-state index contributed by atoms with van der Waals surface area (Å²) in [6.07, 6.45) is -1.04. The van der Waals surface area contributed by atoms with Crippen LogP contribution in [0.2, 0.25) is 0 Å². The van der Waals surface area contributed by atoms with Gasteiger partial charge in [-0.15, -0.1) is 0 Å². The summed E-state index contributed by atoms with van der Waals surface area (Å²) >= 11 is 0. The van der Waals surface area contributed by atoms with Gasteiger partial charge in [0.15, 0.2) is 6.10 Å². The van der Waals surface area contributed by atoms with Crippen molar-refractivity contribution in [3.8, 4) is 5.75 Å². The Labute approximate surface area is 163 Å². The number of benzene rings is 2. The number of carbonyl (C=O) groups is 2. The Hall–Kier alpha value is -3.07. The minimum atomic E-state index is -3.58. The molecule has 0 spiro atoms. The average molecular weight is 404 g/mol. The number of anilines is 2. The number of para-hydroxylation sites is 2. The zero-order chi connectivity index (χ0) is 20.3. The van der Waals surface area contributed by atoms with Gasteiger partial charge in [0.25, 0.3) is 5.91 Å². The Balaban J connectivity index is 1.84. The number of esters is 1. The van der Waals surface area contributed by atoms with Gasteiger partial charge in [0.05, 0.1) is 30.7 Å². The normalized spacial score (nSPS) is 15.9. The van der Waals surface area contributed by atoms with Gasteiger partial charge in [0.2, 0.25) is 10.0 Å². The van der Waals surface area contributed by atoms with Crippen LogP contribution >= 0.6 is 0 Å². The van der Waals surface area contributed by atoms with Crippen molar-refractivity contribution in [1.82, 2.24) is 0 Å². The molecule has 1 atom stereocenters. The second-order valence-electron chi connectivity index (χ2n) is 6.07. The van der Waals surface area contributed by atoms with Crippen LogP contribution in [0.25, 0.3) is 0 Å². The van der Waals surface area contributed by atoms with Crippen molar-refractivity contribution in [3.05, 3.63) is 54.1 Å². The maximum atomic E-state index is 12.7. The second-order valence-corrected chi connectivity index (χ2v) is 8.25. The van der Waals surface area contributed by atoms with E-state index in [0.717, 1.165) is 0 Å². The lowest BCUT2D eigenvalue weighted by Crippen LogP contribution is -2.49. The molecule has 2 aromatic rings. The van der Waals surface area contributed by atoms with E-state index < -0.39 is 28.0 Å². The molecule has 148 valence electrons. The molecule has 0 unspecified atom stereocenters. The molecule has 1 amide bonds. The summed E-state index contributed by atoms with van der Waals surface area (Å²) in [4.78, 5) is 24.4. The molecule has 0 aliphatic carbocycles. The van der Waals surface area contributed by atoms with Crippen molar-refractivity contribution < 1.29 is 27.5 Å². The van der Waals surface area contributed by atoms with Gasteiger partial charge in [-0.1, -0.05) is 18.2 Å². The lowest BCUT2D eigenvalue weighted by Gasteiger charge is -2.34. The minimum Gasteiger partial charge on any atom is -0.476 e. The van der Waals surface area contributed by atoms with Gasteiger partial charge in [-0.25, -0.2) is 13.2 Å². The number of hydrogen-bond donors (Lipinski definition) is 1. The summed E-state index contributed by atoms with van der Waals surface area (Å²) in [6.45, 7) is 1.40. The van der Waals surface area contributed by atoms with Crippen molar-refractivity contribution in [3.63, 3.8) is 0 Å². The molecule has 0 fully saturated rings. The third kappa shape index (κ3) is 3.94. The first-order valence-electron chi connectivity index (χ1n) is 8.61. The van der Waals surface area contributed by atoms with Crippen LogP contribution in [0.1, 0.15) is 17.3 Å². The highest BCUT2D eigenvalue weighted by molar-refractivity contribution is 7.92. The van der Waals surface area contributed by atoms with Crippen LogP contribution in [0, 0.1) is 0 Å². The molecule has 1 N–H and O–H groups in total. The third-order valence-corrected chi connectivity index (χ3v) is 6.03. The fourth-order valence-corrected chi connectivity index (χ4v) is 3.95. The Morgan fingerprint density at radius 2 is 1.96 bits per heavy atom. The summed E-state index contributed by atoms with van der Waals surface area (Å²) in [7, 11) is -2.32. The van der Waals surface area contributed by atoms with E-state index in [1.54, 1.807) is 49.4 Å². The average Bonchev–Trinajstić information content (AvgIpc) is 2.72. The van der Waals surface area contributed by atoms with Crippen LogP contribution in [0.5, 0.6) is 5.75 Å². The van der Waals surface area contributed by atoms with Gasteiger partial charge >= 0.3 is 5.97 Å². The molecule has 3 rings (SSSR count). The summed E-state index contributed by atoms with van der Waals surface area (Å²) in [5.41, 5.74) is 1.06. The van der Waals surface area contributed by atoms with E-state index in [2.05, 4.69) is 10.1 Å². The molecule has 9 heteroatoms. The molecule has 8 nitrogen and oxygen atoms in total. The number of methoxy groups -OCH3 is 1. The topological polar surface area (TPSA) is 102 Å². The minimum absolute atomic E-state index is 0.100. The van der Waals surface area contributed by atoms with Crippen LogP contribution in [-0.2, 0) is 19.6 Å². The number of sulfonamides is 1. The lowest BCUT2D eigenvalue weighted by molar-refractivity contribution is -0.122. The first kappa shape index (κ1) is 19.7. The number of amides is 1. The second kappa shape index (κ2) is 7.89. The van der Waals surface area contributed by atoms with Crippen molar-refractivity contribution >= 4 is 33.3 Å². The number of carbonyl (C=O) groups excluding carboxylic acids is 2. The maximum Gasteiger partial charge on any atom is 0.337 e. The van der Waals surface area contributed by atoms with Crippen LogP contribution < -0.4 is 14.4 Å². The third-order valence-electron chi connectivity index (χ3n) is 4.28. The van der Waals surface area contributed by atoms with E-state index >= 15 is 0 Å². The van der Waals surface area contributed by atoms with E-state index in [4.69, 9.17) is 4.74 Å². The first-order valence-corrected chi connectivity index (χ1v) is 10.2. The lowest BCUT2D eigenvalue weighted by atomic mass is 10.2. The highest BCUT2D eigenvalue weighted by atomic mass is 32.2. The Morgan fingerprint density at radius 1 is 1.21 bits per heavy atom. The van der Waals surface area contributed by atoms with E-state index in [1.165, 1.54) is 17.5 Å². The smallest absolute Gasteiger partial charge is 0.337 e. The van der Waals surface area contributed by atoms with E-state index in [0.29, 0.717) is 17.1 Å². The van der Waals surface area contributed by atoms with Crippen LogP contribution in [0.4, 0.5) is 11.4 Å². The predicted molar refractivity (Wildman–Crippen MR) is 104 cm³/mol. The van der Waals surface area contributed by atoms with Crippen LogP contribution in [0.3, 0.4) is 0 Å². The van der Waals surface area contributed by atoms with E-state index in [-0.39, 0.29) is 17.9 Å². The van der Waals surface area contributed by atoms with Crippen molar-refractivity contribution in [2.45, 2.75) is 13.0 Å². The molecule has 0 radical (unpaired) electrons. The Morgan fingerprint density at radius 3 is 2.68 bits per heavy atom. The van der Waals surface area contributed by atoms with E-state index in [1.807, 2.05) is 0 Å². The van der Waals surface area contributed by atoms with Crippen molar-refractivity contribution in [2.24, 2.45) is 0 Å². The van der Waals surface area contributed by atoms with Gasteiger partial charge < -0.3 is 14.8 Å². The van der Waals surface area contributed by atoms with Gasteiger partial charge in [-0.05, 0) is 37.3 Å². The molecular formula is C19H20N2O6S. The van der Waals surface area contributed by atoms with Gasteiger partial charge in [-0.3, -0.25) is 9.10 Å². The summed E-state index contributed by atoms with van der Waals surface area (Å²) in [5.74, 6) is -0.835. The quantitative estimate of drug-likeness (QED) is 0.765. The monoisotopic (exact) mass is 404 g/mol. The standard InChI is InChI=1S/C19H20N2O6S/c1-3-28(24,25)21-12-17(27-16-10-5-4-9-15(16)21)18(22)20-14-8-6-7-13(11-14)19(23)26-2/h4-11,17H,3,12H2,1-2H3,(H,20,22)/t17-/m0/s1. The number of fused-ring (bicyclic) bond motifs is 1. The van der Waals surface area contributed by atoms with Crippen LogP contribution in [0.15, 0.2) is 48.5 Å². The predicted octanol–water partition coefficient (Wildman–Crippen LogP) is 2.03. The molecule has 0 aromatic heterocycles. The number of rotatable bonds is 5. The summed E-state index contributed by atoms with van der Waals surface area (Å²) < 4.78 is 36.6. The molecule has 0 saturated carbocycles. The molecule has 0 saturated heterocycles. The van der Waals surface area contributed by atoms with Gasteiger partial charge in [0.1, 0.15) is 5.75 Å². The van der Waals surface area contributed by atoms with E-state index in [9.17, 15) is 18.0 Å².